The van der Waals surface area contributed by atoms with E-state index >= 15 is 0 Å². The summed E-state index contributed by atoms with van der Waals surface area (Å²) in [4.78, 5) is 33.6. The number of aliphatic hydroxyl groups excluding tert-OH is 1. The minimum absolute atomic E-state index is 0.0322. The van der Waals surface area contributed by atoms with Crippen molar-refractivity contribution in [2.45, 2.75) is 31.9 Å². The Labute approximate surface area is 177 Å². The van der Waals surface area contributed by atoms with E-state index in [1.54, 1.807) is 35.9 Å². The lowest BCUT2D eigenvalue weighted by molar-refractivity contribution is 0.0936. The van der Waals surface area contributed by atoms with Crippen molar-refractivity contribution in [3.8, 4) is 5.75 Å². The van der Waals surface area contributed by atoms with Gasteiger partial charge in [-0.2, -0.15) is 4.98 Å². The number of rotatable bonds is 6. The molecule has 2 N–H and O–H groups in total. The Morgan fingerprint density at radius 3 is 2.60 bits per heavy atom. The molecule has 0 bridgehead atoms. The molecule has 3 heterocycles. The van der Waals surface area contributed by atoms with E-state index in [2.05, 4.69) is 14.9 Å². The van der Waals surface area contributed by atoms with E-state index in [0.717, 1.165) is 32.4 Å². The van der Waals surface area contributed by atoms with Gasteiger partial charge in [0.15, 0.2) is 11.2 Å². The minimum atomic E-state index is -0.891. The maximum Gasteiger partial charge on any atom is 0.329 e. The molecule has 3 aromatic rings. The van der Waals surface area contributed by atoms with Gasteiger partial charge in [-0.25, -0.2) is 4.79 Å². The second-order valence-corrected chi connectivity index (χ2v) is 7.92. The fraction of sp³-hybridized carbons (Fsp3) is 0.450. The van der Waals surface area contributed by atoms with Crippen LogP contribution in [0.1, 0.15) is 19.3 Å². The predicted octanol–water partition coefficient (Wildman–Crippen LogP) is 1.51. The molecule has 2 aromatic heterocycles. The highest BCUT2D eigenvalue weighted by Crippen LogP contribution is 2.23. The zero-order chi connectivity index (χ0) is 21.3. The van der Waals surface area contributed by atoms with Crippen LogP contribution in [0.2, 0.25) is 5.02 Å². The summed E-state index contributed by atoms with van der Waals surface area (Å²) in [6.07, 6.45) is 2.31. The van der Waals surface area contributed by atoms with Crippen LogP contribution >= 0.6 is 11.6 Å². The summed E-state index contributed by atoms with van der Waals surface area (Å²) in [5, 5.41) is 11.2. The number of hydrogen-bond donors (Lipinski definition) is 2. The SMILES string of the molecule is Cn1c(=O)[nH]c(=O)c2c1nc(N1CCCCC1)n2C[C@@H](O)COc1ccc(Cl)cc1. The van der Waals surface area contributed by atoms with Crippen molar-refractivity contribution < 1.29 is 9.84 Å². The van der Waals surface area contributed by atoms with Crippen molar-refractivity contribution in [3.63, 3.8) is 0 Å². The molecule has 160 valence electrons. The number of H-pyrrole nitrogens is 1. The molecule has 0 amide bonds. The van der Waals surface area contributed by atoms with Crippen molar-refractivity contribution in [2.75, 3.05) is 24.6 Å². The van der Waals surface area contributed by atoms with Gasteiger partial charge in [-0.15, -0.1) is 0 Å². The smallest absolute Gasteiger partial charge is 0.329 e. The van der Waals surface area contributed by atoms with Crippen LogP contribution in [0, 0.1) is 0 Å². The van der Waals surface area contributed by atoms with Crippen molar-refractivity contribution in [1.29, 1.82) is 0 Å². The summed E-state index contributed by atoms with van der Waals surface area (Å²) in [7, 11) is 1.57. The quantitative estimate of drug-likeness (QED) is 0.610. The van der Waals surface area contributed by atoms with Crippen molar-refractivity contribution in [1.82, 2.24) is 19.1 Å². The average molecular weight is 434 g/mol. The number of fused-ring (bicyclic) bond motifs is 1. The molecule has 9 nitrogen and oxygen atoms in total. The molecule has 1 aliphatic heterocycles. The van der Waals surface area contributed by atoms with Gasteiger partial charge in [-0.1, -0.05) is 11.6 Å². The number of halogens is 1. The number of imidazole rings is 1. The van der Waals surface area contributed by atoms with E-state index in [4.69, 9.17) is 16.3 Å². The molecule has 0 aliphatic carbocycles. The molecule has 0 saturated carbocycles. The van der Waals surface area contributed by atoms with Gasteiger partial charge >= 0.3 is 5.69 Å². The second kappa shape index (κ2) is 8.53. The number of aliphatic hydroxyl groups is 1. The van der Waals surface area contributed by atoms with E-state index in [0.29, 0.717) is 22.4 Å². The molecule has 4 rings (SSSR count). The summed E-state index contributed by atoms with van der Waals surface area (Å²) >= 11 is 5.88. The van der Waals surface area contributed by atoms with Crippen LogP contribution in [-0.4, -0.2) is 50.0 Å². The van der Waals surface area contributed by atoms with Gasteiger partial charge in [-0.3, -0.25) is 14.3 Å². The summed E-state index contributed by atoms with van der Waals surface area (Å²) < 4.78 is 8.65. The third kappa shape index (κ3) is 4.08. The highest BCUT2D eigenvalue weighted by Gasteiger charge is 2.24. The van der Waals surface area contributed by atoms with Gasteiger partial charge in [0.1, 0.15) is 18.5 Å². The Morgan fingerprint density at radius 2 is 1.90 bits per heavy atom. The lowest BCUT2D eigenvalue weighted by atomic mass is 10.1. The van der Waals surface area contributed by atoms with Crippen LogP contribution in [0.25, 0.3) is 11.2 Å². The highest BCUT2D eigenvalue weighted by atomic mass is 35.5. The number of benzene rings is 1. The highest BCUT2D eigenvalue weighted by molar-refractivity contribution is 6.30. The topological polar surface area (TPSA) is 105 Å². The van der Waals surface area contributed by atoms with Crippen LogP contribution in [0.3, 0.4) is 0 Å². The van der Waals surface area contributed by atoms with Crippen LogP contribution in [0.15, 0.2) is 33.9 Å². The van der Waals surface area contributed by atoms with Crippen molar-refractivity contribution >= 4 is 28.7 Å². The van der Waals surface area contributed by atoms with Gasteiger partial charge in [0.2, 0.25) is 5.95 Å². The third-order valence-electron chi connectivity index (χ3n) is 5.28. The molecule has 1 aliphatic rings. The molecule has 30 heavy (non-hydrogen) atoms. The maximum absolute atomic E-state index is 12.6. The zero-order valence-corrected chi connectivity index (χ0v) is 17.4. The van der Waals surface area contributed by atoms with Crippen LogP contribution in [0.5, 0.6) is 5.75 Å². The first-order chi connectivity index (χ1) is 14.4. The Kier molecular flexibility index (Phi) is 5.83. The fourth-order valence-electron chi connectivity index (χ4n) is 3.72. The molecule has 0 spiro atoms. The van der Waals surface area contributed by atoms with E-state index in [9.17, 15) is 14.7 Å². The summed E-state index contributed by atoms with van der Waals surface area (Å²) in [6.45, 7) is 1.76. The molecule has 1 atom stereocenters. The van der Waals surface area contributed by atoms with Crippen molar-refractivity contribution in [2.24, 2.45) is 7.05 Å². The first kappa shape index (κ1) is 20.5. The Morgan fingerprint density at radius 1 is 1.20 bits per heavy atom. The number of aromatic amines is 1. The number of anilines is 1. The fourth-order valence-corrected chi connectivity index (χ4v) is 3.84. The molecule has 0 radical (unpaired) electrons. The summed E-state index contributed by atoms with van der Waals surface area (Å²) in [5.74, 6) is 1.17. The van der Waals surface area contributed by atoms with Crippen LogP contribution in [-0.2, 0) is 13.6 Å². The van der Waals surface area contributed by atoms with E-state index in [1.807, 2.05) is 0 Å². The van der Waals surface area contributed by atoms with Crippen LogP contribution in [0.4, 0.5) is 5.95 Å². The number of hydrogen-bond acceptors (Lipinski definition) is 6. The van der Waals surface area contributed by atoms with Crippen molar-refractivity contribution in [3.05, 3.63) is 50.1 Å². The number of aromatic nitrogens is 4. The van der Waals surface area contributed by atoms with Gasteiger partial charge in [0.05, 0.1) is 6.54 Å². The first-order valence-corrected chi connectivity index (χ1v) is 10.3. The predicted molar refractivity (Wildman–Crippen MR) is 115 cm³/mol. The standard InChI is InChI=1S/C20H24ClN5O4/c1-24-17-16(18(28)23-20(24)29)26(19(22-17)25-9-3-2-4-10-25)11-14(27)12-30-15-7-5-13(21)6-8-15/h5-8,14,27H,2-4,9-12H2,1H3,(H,23,28,29)/t14-/m1/s1. The van der Waals surface area contributed by atoms with E-state index < -0.39 is 17.4 Å². The number of piperidine rings is 1. The average Bonchev–Trinajstić information content (AvgIpc) is 3.12. The van der Waals surface area contributed by atoms with Gasteiger partial charge in [0.25, 0.3) is 5.56 Å². The monoisotopic (exact) mass is 433 g/mol. The largest absolute Gasteiger partial charge is 0.491 e. The lowest BCUT2D eigenvalue weighted by Crippen LogP contribution is -2.34. The first-order valence-electron chi connectivity index (χ1n) is 9.95. The molecule has 1 fully saturated rings. The maximum atomic E-state index is 12.6. The van der Waals surface area contributed by atoms with Gasteiger partial charge < -0.3 is 19.3 Å². The van der Waals surface area contributed by atoms with Crippen LogP contribution < -0.4 is 20.9 Å². The molecule has 0 unspecified atom stereocenters. The number of nitrogens with one attached hydrogen (secondary N) is 1. The normalized spacial score (nSPS) is 15.5. The summed E-state index contributed by atoms with van der Waals surface area (Å²) in [5.41, 5.74) is -0.470. The summed E-state index contributed by atoms with van der Waals surface area (Å²) in [6, 6.07) is 6.87. The lowest BCUT2D eigenvalue weighted by Gasteiger charge is -2.28. The minimum Gasteiger partial charge on any atom is -0.491 e. The number of ether oxygens (including phenoxy) is 1. The van der Waals surface area contributed by atoms with E-state index in [-0.39, 0.29) is 18.7 Å². The Bertz CT molecular complexity index is 1140. The van der Waals surface area contributed by atoms with E-state index in [1.165, 1.54) is 4.57 Å². The van der Waals surface area contributed by atoms with Gasteiger partial charge in [-0.05, 0) is 43.5 Å². The molecule has 1 aromatic carbocycles. The number of aryl methyl sites for hydroxylation is 1. The zero-order valence-electron chi connectivity index (χ0n) is 16.7. The second-order valence-electron chi connectivity index (χ2n) is 7.48. The molecule has 10 heteroatoms. The molecular weight excluding hydrogens is 410 g/mol. The number of nitrogens with zero attached hydrogens (tertiary/aromatic N) is 4. The third-order valence-corrected chi connectivity index (χ3v) is 5.53. The Hall–Kier alpha value is -2.78. The van der Waals surface area contributed by atoms with Gasteiger partial charge in [0, 0.05) is 25.2 Å². The molecule has 1 saturated heterocycles. The molecular formula is C20H24ClN5O4. The Balaban J connectivity index is 1.65.